The summed E-state index contributed by atoms with van der Waals surface area (Å²) in [5, 5.41) is 33.5. The van der Waals surface area contributed by atoms with Crippen molar-refractivity contribution in [1.29, 1.82) is 0 Å². The van der Waals surface area contributed by atoms with E-state index in [1.807, 2.05) is 20.8 Å². The predicted octanol–water partition coefficient (Wildman–Crippen LogP) is 2.69. The molecular formula is C21H37NO5. The molecule has 3 fully saturated rings. The van der Waals surface area contributed by atoms with Gasteiger partial charge in [-0.2, -0.15) is 0 Å². The first-order chi connectivity index (χ1) is 12.5. The molecule has 1 heterocycles. The van der Waals surface area contributed by atoms with Gasteiger partial charge in [-0.3, -0.25) is 0 Å². The van der Waals surface area contributed by atoms with Gasteiger partial charge in [0.1, 0.15) is 5.60 Å². The van der Waals surface area contributed by atoms with E-state index in [0.29, 0.717) is 57.5 Å². The number of amides is 1. The Labute approximate surface area is 162 Å². The minimum atomic E-state index is -1.28. The summed E-state index contributed by atoms with van der Waals surface area (Å²) in [6, 6.07) is 0. The SMILES string of the molecule is CC1CC(O)C23CCCN(C(=O)OC(C)(C)C)CCCC2(O)C(O)CC3C1. The highest BCUT2D eigenvalue weighted by molar-refractivity contribution is 5.68. The molecule has 1 spiro atoms. The van der Waals surface area contributed by atoms with E-state index < -0.39 is 28.8 Å². The smallest absolute Gasteiger partial charge is 0.410 e. The van der Waals surface area contributed by atoms with Crippen molar-refractivity contribution in [3.05, 3.63) is 0 Å². The lowest BCUT2D eigenvalue weighted by Crippen LogP contribution is -2.60. The summed E-state index contributed by atoms with van der Waals surface area (Å²) in [7, 11) is 0. The number of hydrogen-bond acceptors (Lipinski definition) is 5. The fourth-order valence-electron chi connectivity index (χ4n) is 6.09. The summed E-state index contributed by atoms with van der Waals surface area (Å²) in [6.07, 6.45) is 2.72. The Morgan fingerprint density at radius 2 is 1.67 bits per heavy atom. The maximum absolute atomic E-state index is 12.5. The molecule has 1 amide bonds. The second kappa shape index (κ2) is 7.20. The molecule has 6 atom stereocenters. The Balaban J connectivity index is 1.82. The number of hydrogen-bond donors (Lipinski definition) is 3. The number of nitrogens with zero attached hydrogens (tertiary/aromatic N) is 1. The zero-order valence-electron chi connectivity index (χ0n) is 17.3. The maximum Gasteiger partial charge on any atom is 0.410 e. The molecular weight excluding hydrogens is 346 g/mol. The fourth-order valence-corrected chi connectivity index (χ4v) is 6.09. The van der Waals surface area contributed by atoms with Crippen LogP contribution in [0.25, 0.3) is 0 Å². The molecule has 27 heavy (non-hydrogen) atoms. The lowest BCUT2D eigenvalue weighted by molar-refractivity contribution is -0.197. The van der Waals surface area contributed by atoms with E-state index in [1.165, 1.54) is 0 Å². The Morgan fingerprint density at radius 3 is 2.30 bits per heavy atom. The molecule has 3 rings (SSSR count). The van der Waals surface area contributed by atoms with Gasteiger partial charge < -0.3 is 25.0 Å². The molecule has 2 aliphatic carbocycles. The van der Waals surface area contributed by atoms with Gasteiger partial charge in [0.15, 0.2) is 0 Å². The van der Waals surface area contributed by atoms with Gasteiger partial charge in [0.25, 0.3) is 0 Å². The number of ether oxygens (including phenoxy) is 1. The third-order valence-electron chi connectivity index (χ3n) is 7.16. The molecule has 0 aromatic rings. The van der Waals surface area contributed by atoms with Crippen LogP contribution in [-0.2, 0) is 4.74 Å². The molecule has 3 N–H and O–H groups in total. The Hall–Kier alpha value is -0.850. The minimum absolute atomic E-state index is 0.129. The Bertz CT molecular complexity index is 561. The van der Waals surface area contributed by atoms with Crippen molar-refractivity contribution < 1.29 is 24.9 Å². The zero-order chi connectivity index (χ0) is 20.0. The predicted molar refractivity (Wildman–Crippen MR) is 102 cm³/mol. The standard InChI is InChI=1S/C21H37NO5/c1-14-11-15-13-17(24)21(26)8-6-10-22(18(25)27-19(2,3)4)9-5-7-20(15,21)16(23)12-14/h14-17,23-24,26H,5-13H2,1-4H3. The van der Waals surface area contributed by atoms with Crippen LogP contribution in [0.2, 0.25) is 0 Å². The van der Waals surface area contributed by atoms with Crippen LogP contribution in [0.15, 0.2) is 0 Å². The Morgan fingerprint density at radius 1 is 1.04 bits per heavy atom. The second-order valence-corrected chi connectivity index (χ2v) is 10.2. The summed E-state index contributed by atoms with van der Waals surface area (Å²) in [4.78, 5) is 14.2. The molecule has 3 aliphatic rings. The highest BCUT2D eigenvalue weighted by Crippen LogP contribution is 2.62. The largest absolute Gasteiger partial charge is 0.444 e. The normalized spacial score (nSPS) is 43.1. The van der Waals surface area contributed by atoms with Crippen molar-refractivity contribution in [3.8, 4) is 0 Å². The van der Waals surface area contributed by atoms with E-state index in [2.05, 4.69) is 6.92 Å². The van der Waals surface area contributed by atoms with E-state index in [9.17, 15) is 20.1 Å². The monoisotopic (exact) mass is 383 g/mol. The number of aliphatic hydroxyl groups is 3. The first kappa shape index (κ1) is 20.9. The summed E-state index contributed by atoms with van der Waals surface area (Å²) in [6.45, 7) is 8.75. The van der Waals surface area contributed by atoms with Crippen LogP contribution < -0.4 is 0 Å². The van der Waals surface area contributed by atoms with Gasteiger partial charge in [-0.05, 0) is 77.6 Å². The Kier molecular flexibility index (Phi) is 5.56. The summed E-state index contributed by atoms with van der Waals surface area (Å²) in [5.74, 6) is 0.528. The van der Waals surface area contributed by atoms with Crippen LogP contribution in [0.5, 0.6) is 0 Å². The zero-order valence-corrected chi connectivity index (χ0v) is 17.3. The fraction of sp³-hybridized carbons (Fsp3) is 0.952. The van der Waals surface area contributed by atoms with E-state index >= 15 is 0 Å². The first-order valence-corrected chi connectivity index (χ1v) is 10.6. The van der Waals surface area contributed by atoms with Crippen molar-refractivity contribution in [2.75, 3.05) is 13.1 Å². The molecule has 0 radical (unpaired) electrons. The molecule has 1 aliphatic heterocycles. The lowest BCUT2D eigenvalue weighted by atomic mass is 9.55. The molecule has 156 valence electrons. The van der Waals surface area contributed by atoms with Crippen LogP contribution in [-0.4, -0.2) is 62.8 Å². The summed E-state index contributed by atoms with van der Waals surface area (Å²) < 4.78 is 5.52. The molecule has 0 aromatic carbocycles. The van der Waals surface area contributed by atoms with Crippen LogP contribution in [0.1, 0.15) is 72.6 Å². The van der Waals surface area contributed by atoms with E-state index in [1.54, 1.807) is 4.90 Å². The summed E-state index contributed by atoms with van der Waals surface area (Å²) >= 11 is 0. The molecule has 6 nitrogen and oxygen atoms in total. The van der Waals surface area contributed by atoms with Gasteiger partial charge in [-0.1, -0.05) is 6.92 Å². The van der Waals surface area contributed by atoms with Gasteiger partial charge >= 0.3 is 6.09 Å². The topological polar surface area (TPSA) is 90.2 Å². The van der Waals surface area contributed by atoms with E-state index in [-0.39, 0.29) is 12.0 Å². The maximum atomic E-state index is 12.5. The third kappa shape index (κ3) is 3.60. The van der Waals surface area contributed by atoms with Crippen molar-refractivity contribution in [2.45, 2.75) is 96.1 Å². The first-order valence-electron chi connectivity index (χ1n) is 10.6. The molecule has 1 saturated heterocycles. The average molecular weight is 384 g/mol. The molecule has 6 heteroatoms. The van der Waals surface area contributed by atoms with Gasteiger partial charge in [-0.15, -0.1) is 0 Å². The number of carbonyl (C=O) groups excluding carboxylic acids is 1. The van der Waals surface area contributed by atoms with Crippen LogP contribution in [0, 0.1) is 17.3 Å². The van der Waals surface area contributed by atoms with Crippen LogP contribution in [0.4, 0.5) is 4.79 Å². The average Bonchev–Trinajstić information content (AvgIpc) is 2.77. The van der Waals surface area contributed by atoms with Gasteiger partial charge in [-0.25, -0.2) is 4.79 Å². The highest BCUT2D eigenvalue weighted by atomic mass is 16.6. The van der Waals surface area contributed by atoms with Crippen LogP contribution in [0.3, 0.4) is 0 Å². The lowest BCUT2D eigenvalue weighted by Gasteiger charge is -2.53. The van der Waals surface area contributed by atoms with E-state index in [4.69, 9.17) is 4.74 Å². The molecule has 6 unspecified atom stereocenters. The van der Waals surface area contributed by atoms with Gasteiger partial charge in [0.2, 0.25) is 0 Å². The highest BCUT2D eigenvalue weighted by Gasteiger charge is 2.67. The molecule has 0 bridgehead atoms. The van der Waals surface area contributed by atoms with Crippen molar-refractivity contribution in [3.63, 3.8) is 0 Å². The van der Waals surface area contributed by atoms with Gasteiger partial charge in [0.05, 0.1) is 17.8 Å². The van der Waals surface area contributed by atoms with Gasteiger partial charge in [0, 0.05) is 18.5 Å². The van der Waals surface area contributed by atoms with Crippen molar-refractivity contribution in [2.24, 2.45) is 17.3 Å². The quantitative estimate of drug-likeness (QED) is 0.598. The van der Waals surface area contributed by atoms with Crippen molar-refractivity contribution in [1.82, 2.24) is 4.90 Å². The number of aliphatic hydroxyl groups excluding tert-OH is 2. The second-order valence-electron chi connectivity index (χ2n) is 10.2. The van der Waals surface area contributed by atoms with Crippen LogP contribution >= 0.6 is 0 Å². The third-order valence-corrected chi connectivity index (χ3v) is 7.16. The molecule has 0 aromatic heterocycles. The summed E-state index contributed by atoms with van der Waals surface area (Å²) in [5.41, 5.74) is -2.48. The number of rotatable bonds is 0. The van der Waals surface area contributed by atoms with E-state index in [0.717, 1.165) is 6.42 Å². The number of carbonyl (C=O) groups is 1. The molecule has 2 saturated carbocycles. The minimum Gasteiger partial charge on any atom is -0.444 e. The van der Waals surface area contributed by atoms with Crippen molar-refractivity contribution >= 4 is 6.09 Å².